The van der Waals surface area contributed by atoms with Gasteiger partial charge in [-0.05, 0) is 26.0 Å². The Morgan fingerprint density at radius 3 is 2.69 bits per heavy atom. The highest BCUT2D eigenvalue weighted by Crippen LogP contribution is 2.25. The average molecular weight is 217 g/mol. The van der Waals surface area contributed by atoms with E-state index in [1.165, 1.54) is 0 Å². The Morgan fingerprint density at radius 2 is 2.12 bits per heavy atom. The Balaban J connectivity index is 2.56. The number of pyridine rings is 1. The maximum absolute atomic E-state index is 11.2. The summed E-state index contributed by atoms with van der Waals surface area (Å²) in [5.41, 5.74) is 7.65. The highest BCUT2D eigenvalue weighted by molar-refractivity contribution is 5.99. The standard InChI is InChI=1S/C11H11N3O2/c1-6-3-4-8(5-13-6)10-9(11(12)15)7(2)14-16-10/h3-5H,1-2H3,(H2,12,15). The zero-order valence-electron chi connectivity index (χ0n) is 9.02. The van der Waals surface area contributed by atoms with Gasteiger partial charge in [0.2, 0.25) is 0 Å². The Hall–Kier alpha value is -2.17. The van der Waals surface area contributed by atoms with Crippen molar-refractivity contribution in [2.24, 2.45) is 5.73 Å². The van der Waals surface area contributed by atoms with E-state index < -0.39 is 5.91 Å². The van der Waals surface area contributed by atoms with E-state index in [2.05, 4.69) is 10.1 Å². The molecular formula is C11H11N3O2. The Kier molecular flexibility index (Phi) is 2.44. The van der Waals surface area contributed by atoms with E-state index in [1.807, 2.05) is 19.1 Å². The number of amides is 1. The number of aromatic nitrogens is 2. The van der Waals surface area contributed by atoms with Gasteiger partial charge < -0.3 is 10.3 Å². The third kappa shape index (κ3) is 1.67. The van der Waals surface area contributed by atoms with Crippen molar-refractivity contribution in [3.8, 4) is 11.3 Å². The number of nitrogens with two attached hydrogens (primary N) is 1. The van der Waals surface area contributed by atoms with E-state index in [0.717, 1.165) is 5.69 Å². The molecule has 2 rings (SSSR count). The third-order valence-corrected chi connectivity index (χ3v) is 2.28. The molecule has 5 heteroatoms. The molecule has 0 saturated carbocycles. The van der Waals surface area contributed by atoms with Crippen LogP contribution in [-0.4, -0.2) is 16.0 Å². The van der Waals surface area contributed by atoms with Gasteiger partial charge in [0, 0.05) is 17.5 Å². The van der Waals surface area contributed by atoms with Gasteiger partial charge >= 0.3 is 0 Å². The molecule has 2 heterocycles. The van der Waals surface area contributed by atoms with Gasteiger partial charge in [-0.2, -0.15) is 0 Å². The van der Waals surface area contributed by atoms with Crippen LogP contribution in [0, 0.1) is 13.8 Å². The molecule has 0 fully saturated rings. The molecule has 0 aromatic carbocycles. The number of hydrogen-bond donors (Lipinski definition) is 1. The monoisotopic (exact) mass is 217 g/mol. The van der Waals surface area contributed by atoms with Crippen LogP contribution in [0.5, 0.6) is 0 Å². The van der Waals surface area contributed by atoms with Gasteiger partial charge in [0.1, 0.15) is 5.56 Å². The highest BCUT2D eigenvalue weighted by atomic mass is 16.5. The molecule has 2 aromatic rings. The van der Waals surface area contributed by atoms with Crippen LogP contribution in [0.15, 0.2) is 22.9 Å². The van der Waals surface area contributed by atoms with Gasteiger partial charge in [-0.3, -0.25) is 9.78 Å². The number of hydrogen-bond acceptors (Lipinski definition) is 4. The molecule has 0 aliphatic carbocycles. The minimum Gasteiger partial charge on any atom is -0.365 e. The van der Waals surface area contributed by atoms with E-state index in [-0.39, 0.29) is 0 Å². The largest absolute Gasteiger partial charge is 0.365 e. The van der Waals surface area contributed by atoms with Crippen molar-refractivity contribution in [1.29, 1.82) is 0 Å². The lowest BCUT2D eigenvalue weighted by molar-refractivity contribution is 0.1000. The minimum atomic E-state index is -0.547. The zero-order chi connectivity index (χ0) is 11.7. The summed E-state index contributed by atoms with van der Waals surface area (Å²) in [7, 11) is 0. The van der Waals surface area contributed by atoms with Gasteiger partial charge in [0.25, 0.3) is 5.91 Å². The van der Waals surface area contributed by atoms with Crippen LogP contribution >= 0.6 is 0 Å². The van der Waals surface area contributed by atoms with Crippen LogP contribution < -0.4 is 5.73 Å². The maximum atomic E-state index is 11.2. The van der Waals surface area contributed by atoms with Crippen LogP contribution in [0.1, 0.15) is 21.7 Å². The Bertz CT molecular complexity index is 529. The Morgan fingerprint density at radius 1 is 1.38 bits per heavy atom. The van der Waals surface area contributed by atoms with Crippen molar-refractivity contribution in [3.63, 3.8) is 0 Å². The second-order valence-corrected chi connectivity index (χ2v) is 3.52. The van der Waals surface area contributed by atoms with Crippen molar-refractivity contribution >= 4 is 5.91 Å². The Labute approximate surface area is 92.3 Å². The smallest absolute Gasteiger partial charge is 0.254 e. The van der Waals surface area contributed by atoms with Gasteiger partial charge in [-0.15, -0.1) is 0 Å². The lowest BCUT2D eigenvalue weighted by atomic mass is 10.1. The molecule has 0 saturated heterocycles. The fourth-order valence-corrected chi connectivity index (χ4v) is 1.46. The molecule has 5 nitrogen and oxygen atoms in total. The van der Waals surface area contributed by atoms with Crippen molar-refractivity contribution < 1.29 is 9.32 Å². The number of rotatable bonds is 2. The first-order valence-corrected chi connectivity index (χ1v) is 4.78. The van der Waals surface area contributed by atoms with Crippen molar-refractivity contribution in [3.05, 3.63) is 35.3 Å². The summed E-state index contributed by atoms with van der Waals surface area (Å²) in [6.07, 6.45) is 1.63. The lowest BCUT2D eigenvalue weighted by Gasteiger charge is -1.98. The van der Waals surface area contributed by atoms with Crippen LogP contribution in [0.25, 0.3) is 11.3 Å². The first-order chi connectivity index (χ1) is 7.59. The molecule has 0 atom stereocenters. The second-order valence-electron chi connectivity index (χ2n) is 3.52. The fraction of sp³-hybridized carbons (Fsp3) is 0.182. The molecular weight excluding hydrogens is 206 g/mol. The van der Waals surface area contributed by atoms with E-state index >= 15 is 0 Å². The first kappa shape index (κ1) is 10.4. The topological polar surface area (TPSA) is 82.0 Å². The first-order valence-electron chi connectivity index (χ1n) is 4.78. The van der Waals surface area contributed by atoms with Crippen LogP contribution in [0.2, 0.25) is 0 Å². The molecule has 0 bridgehead atoms. The number of aryl methyl sites for hydroxylation is 2. The molecule has 0 aliphatic heterocycles. The number of primary amides is 1. The van der Waals surface area contributed by atoms with Crippen molar-refractivity contribution in [1.82, 2.24) is 10.1 Å². The average Bonchev–Trinajstić information content (AvgIpc) is 2.61. The quantitative estimate of drug-likeness (QED) is 0.825. The van der Waals surface area contributed by atoms with Crippen LogP contribution in [0.4, 0.5) is 0 Å². The number of nitrogens with zero attached hydrogens (tertiary/aromatic N) is 2. The molecule has 82 valence electrons. The molecule has 2 N–H and O–H groups in total. The van der Waals surface area contributed by atoms with Crippen molar-refractivity contribution in [2.45, 2.75) is 13.8 Å². The summed E-state index contributed by atoms with van der Waals surface area (Å²) in [5, 5.41) is 3.73. The molecule has 2 aromatic heterocycles. The number of carbonyl (C=O) groups is 1. The van der Waals surface area contributed by atoms with Gasteiger partial charge in [-0.1, -0.05) is 5.16 Å². The molecule has 0 unspecified atom stereocenters. The van der Waals surface area contributed by atoms with Crippen LogP contribution in [-0.2, 0) is 0 Å². The molecule has 0 spiro atoms. The lowest BCUT2D eigenvalue weighted by Crippen LogP contribution is -2.12. The second kappa shape index (κ2) is 3.77. The normalized spacial score (nSPS) is 10.4. The van der Waals surface area contributed by atoms with E-state index in [0.29, 0.717) is 22.6 Å². The maximum Gasteiger partial charge on any atom is 0.254 e. The molecule has 0 aliphatic rings. The summed E-state index contributed by atoms with van der Waals surface area (Å²) in [4.78, 5) is 15.4. The fourth-order valence-electron chi connectivity index (χ4n) is 1.46. The summed E-state index contributed by atoms with van der Waals surface area (Å²) < 4.78 is 5.09. The summed E-state index contributed by atoms with van der Waals surface area (Å²) in [5.74, 6) is -0.174. The molecule has 16 heavy (non-hydrogen) atoms. The SMILES string of the molecule is Cc1ccc(-c2onc(C)c2C(N)=O)cn1. The molecule has 0 radical (unpaired) electrons. The highest BCUT2D eigenvalue weighted by Gasteiger charge is 2.19. The number of carbonyl (C=O) groups excluding carboxylic acids is 1. The van der Waals surface area contributed by atoms with E-state index in [9.17, 15) is 4.79 Å². The summed E-state index contributed by atoms with van der Waals surface area (Å²) in [6.45, 7) is 3.55. The predicted octanol–water partition coefficient (Wildman–Crippen LogP) is 1.45. The van der Waals surface area contributed by atoms with E-state index in [4.69, 9.17) is 10.3 Å². The van der Waals surface area contributed by atoms with Gasteiger partial charge in [0.15, 0.2) is 5.76 Å². The van der Waals surface area contributed by atoms with Gasteiger partial charge in [0.05, 0.1) is 5.69 Å². The van der Waals surface area contributed by atoms with Crippen LogP contribution in [0.3, 0.4) is 0 Å². The third-order valence-electron chi connectivity index (χ3n) is 2.28. The van der Waals surface area contributed by atoms with Crippen molar-refractivity contribution in [2.75, 3.05) is 0 Å². The minimum absolute atomic E-state index is 0.311. The zero-order valence-corrected chi connectivity index (χ0v) is 9.02. The van der Waals surface area contributed by atoms with Gasteiger partial charge in [-0.25, -0.2) is 0 Å². The molecule has 1 amide bonds. The summed E-state index contributed by atoms with van der Waals surface area (Å²) >= 11 is 0. The predicted molar refractivity (Wildman–Crippen MR) is 57.7 cm³/mol. The summed E-state index contributed by atoms with van der Waals surface area (Å²) in [6, 6.07) is 3.65. The van der Waals surface area contributed by atoms with E-state index in [1.54, 1.807) is 13.1 Å².